The van der Waals surface area contributed by atoms with Gasteiger partial charge in [0.2, 0.25) is 23.6 Å². The molecule has 4 unspecified atom stereocenters. The molecule has 0 aliphatic carbocycles. The van der Waals surface area contributed by atoms with Gasteiger partial charge in [0.15, 0.2) is 0 Å². The monoisotopic (exact) mass is 476 g/mol. The molecule has 13 heteroatoms. The summed E-state index contributed by atoms with van der Waals surface area (Å²) in [6.07, 6.45) is 1.26. The number of hydrogen-bond acceptors (Lipinski definition) is 7. The van der Waals surface area contributed by atoms with Gasteiger partial charge >= 0.3 is 5.97 Å². The standard InChI is InChI=1S/C21H28N6O7/c1-10(21(33)34)25-20(32)16(9-28)27-19(31)15(7-17(23)29)26-18(30)13(22)6-11-8-24-14-5-3-2-4-12(11)14/h2-5,8,10,13,15-16,24,28H,6-7,9,22H2,1H3,(H2,23,29)(H,25,32)(H,26,30)(H,27,31)(H,33,34). The molecule has 1 aromatic heterocycles. The van der Waals surface area contributed by atoms with Crippen LogP contribution in [0.15, 0.2) is 30.5 Å². The number of aromatic nitrogens is 1. The summed E-state index contributed by atoms with van der Waals surface area (Å²) in [5.41, 5.74) is 12.8. The van der Waals surface area contributed by atoms with Crippen molar-refractivity contribution in [2.45, 2.75) is 43.9 Å². The molecule has 0 saturated heterocycles. The molecular formula is C21H28N6O7. The van der Waals surface area contributed by atoms with Crippen LogP contribution < -0.4 is 27.4 Å². The molecule has 4 amide bonds. The fourth-order valence-electron chi connectivity index (χ4n) is 3.16. The summed E-state index contributed by atoms with van der Waals surface area (Å²) in [5, 5.41) is 25.8. The number of fused-ring (bicyclic) bond motifs is 1. The van der Waals surface area contributed by atoms with Gasteiger partial charge in [-0.05, 0) is 25.0 Å². The average molecular weight is 476 g/mol. The fourth-order valence-corrected chi connectivity index (χ4v) is 3.16. The highest BCUT2D eigenvalue weighted by Gasteiger charge is 2.30. The summed E-state index contributed by atoms with van der Waals surface area (Å²) in [6.45, 7) is 0.336. The van der Waals surface area contributed by atoms with E-state index in [-0.39, 0.29) is 6.42 Å². The van der Waals surface area contributed by atoms with Gasteiger partial charge in [-0.3, -0.25) is 24.0 Å². The number of rotatable bonds is 12. The highest BCUT2D eigenvalue weighted by Crippen LogP contribution is 2.18. The van der Waals surface area contributed by atoms with Crippen LogP contribution in [0.2, 0.25) is 0 Å². The maximum absolute atomic E-state index is 12.6. The SMILES string of the molecule is CC(NC(=O)C(CO)NC(=O)C(CC(N)=O)NC(=O)C(N)Cc1c[nH]c2ccccc12)C(=O)O. The number of hydrogen-bond donors (Lipinski definition) is 8. The predicted molar refractivity (Wildman–Crippen MR) is 120 cm³/mol. The van der Waals surface area contributed by atoms with E-state index < -0.39 is 66.8 Å². The molecule has 0 saturated carbocycles. The Morgan fingerprint density at radius 2 is 1.62 bits per heavy atom. The number of aliphatic hydroxyl groups excluding tert-OH is 1. The van der Waals surface area contributed by atoms with E-state index >= 15 is 0 Å². The molecule has 0 spiro atoms. The lowest BCUT2D eigenvalue weighted by atomic mass is 10.0. The first kappa shape index (κ1) is 26.3. The van der Waals surface area contributed by atoms with Crippen molar-refractivity contribution in [2.24, 2.45) is 11.5 Å². The van der Waals surface area contributed by atoms with Gasteiger partial charge in [-0.2, -0.15) is 0 Å². The number of nitrogens with two attached hydrogens (primary N) is 2. The zero-order valence-corrected chi connectivity index (χ0v) is 18.4. The van der Waals surface area contributed by atoms with Crippen molar-refractivity contribution in [1.82, 2.24) is 20.9 Å². The molecule has 0 fully saturated rings. The molecule has 2 aromatic rings. The molecule has 0 aliphatic rings. The van der Waals surface area contributed by atoms with Crippen molar-refractivity contribution in [1.29, 1.82) is 0 Å². The van der Waals surface area contributed by atoms with Crippen LogP contribution >= 0.6 is 0 Å². The van der Waals surface area contributed by atoms with E-state index in [9.17, 15) is 29.1 Å². The summed E-state index contributed by atoms with van der Waals surface area (Å²) < 4.78 is 0. The molecule has 4 atom stereocenters. The number of aliphatic carboxylic acids is 1. The number of carbonyl (C=O) groups excluding carboxylic acids is 4. The minimum atomic E-state index is -1.53. The summed E-state index contributed by atoms with van der Waals surface area (Å²) >= 11 is 0. The van der Waals surface area contributed by atoms with Crippen LogP contribution in [0.5, 0.6) is 0 Å². The van der Waals surface area contributed by atoms with E-state index in [1.54, 1.807) is 6.20 Å². The minimum Gasteiger partial charge on any atom is -0.480 e. The third-order valence-corrected chi connectivity index (χ3v) is 5.03. The quantitative estimate of drug-likeness (QED) is 0.162. The van der Waals surface area contributed by atoms with Gasteiger partial charge in [-0.1, -0.05) is 18.2 Å². The Balaban J connectivity index is 2.06. The first-order valence-corrected chi connectivity index (χ1v) is 10.4. The maximum Gasteiger partial charge on any atom is 0.325 e. The third kappa shape index (κ3) is 7.02. The Kier molecular flexibility index (Phi) is 9.10. The van der Waals surface area contributed by atoms with Crippen molar-refractivity contribution >= 4 is 40.5 Å². The number of carboxylic acids is 1. The second-order valence-electron chi connectivity index (χ2n) is 7.71. The molecule has 1 heterocycles. The highest BCUT2D eigenvalue weighted by atomic mass is 16.4. The second kappa shape index (κ2) is 11.8. The number of carbonyl (C=O) groups is 5. The van der Waals surface area contributed by atoms with Crippen LogP contribution in [0.1, 0.15) is 18.9 Å². The van der Waals surface area contributed by atoms with Gasteiger partial charge in [0.1, 0.15) is 18.1 Å². The van der Waals surface area contributed by atoms with Crippen molar-refractivity contribution < 1.29 is 34.2 Å². The minimum absolute atomic E-state index is 0.134. The lowest BCUT2D eigenvalue weighted by Crippen LogP contribution is -2.58. The van der Waals surface area contributed by atoms with Gasteiger partial charge in [0.25, 0.3) is 0 Å². The Hall–Kier alpha value is -3.97. The Morgan fingerprint density at radius 3 is 2.24 bits per heavy atom. The fraction of sp³-hybridized carbons (Fsp3) is 0.381. The van der Waals surface area contributed by atoms with Crippen molar-refractivity contribution in [2.75, 3.05) is 6.61 Å². The number of nitrogens with one attached hydrogen (secondary N) is 4. The molecular weight excluding hydrogens is 448 g/mol. The maximum atomic E-state index is 12.6. The van der Waals surface area contributed by atoms with Crippen LogP contribution in [0.3, 0.4) is 0 Å². The second-order valence-corrected chi connectivity index (χ2v) is 7.71. The van der Waals surface area contributed by atoms with Crippen LogP contribution in [0.4, 0.5) is 0 Å². The highest BCUT2D eigenvalue weighted by molar-refractivity contribution is 5.96. The molecule has 0 radical (unpaired) electrons. The summed E-state index contributed by atoms with van der Waals surface area (Å²) in [5.74, 6) is -4.92. The topological polar surface area (TPSA) is 230 Å². The summed E-state index contributed by atoms with van der Waals surface area (Å²) in [6, 6.07) is 2.06. The molecule has 0 bridgehead atoms. The van der Waals surface area contributed by atoms with Gasteiger partial charge < -0.3 is 42.6 Å². The van der Waals surface area contributed by atoms with Crippen LogP contribution in [0, 0.1) is 0 Å². The number of primary amides is 1. The zero-order chi connectivity index (χ0) is 25.4. The number of carboxylic acid groups (broad SMARTS) is 1. The molecule has 0 aliphatic heterocycles. The van der Waals surface area contributed by atoms with E-state index in [1.165, 1.54) is 6.92 Å². The molecule has 34 heavy (non-hydrogen) atoms. The van der Waals surface area contributed by atoms with Crippen LogP contribution in [0.25, 0.3) is 10.9 Å². The van der Waals surface area contributed by atoms with Crippen molar-refractivity contribution in [3.8, 4) is 0 Å². The number of benzene rings is 1. The smallest absolute Gasteiger partial charge is 0.325 e. The summed E-state index contributed by atoms with van der Waals surface area (Å²) in [4.78, 5) is 62.8. The molecule has 13 nitrogen and oxygen atoms in total. The molecule has 10 N–H and O–H groups in total. The van der Waals surface area contributed by atoms with Gasteiger partial charge in [-0.15, -0.1) is 0 Å². The third-order valence-electron chi connectivity index (χ3n) is 5.03. The Bertz CT molecular complexity index is 1070. The normalized spacial score (nSPS) is 14.4. The van der Waals surface area contributed by atoms with Gasteiger partial charge in [0.05, 0.1) is 19.1 Å². The van der Waals surface area contributed by atoms with Gasteiger partial charge in [0, 0.05) is 17.1 Å². The zero-order valence-electron chi connectivity index (χ0n) is 18.4. The predicted octanol–water partition coefficient (Wildman–Crippen LogP) is -2.54. The number of aromatic amines is 1. The molecule has 184 valence electrons. The van der Waals surface area contributed by atoms with Crippen molar-refractivity contribution in [3.05, 3.63) is 36.0 Å². The Morgan fingerprint density at radius 1 is 1.00 bits per heavy atom. The van der Waals surface area contributed by atoms with E-state index in [0.717, 1.165) is 16.5 Å². The molecule has 2 rings (SSSR count). The lowest BCUT2D eigenvalue weighted by Gasteiger charge is -2.23. The van der Waals surface area contributed by atoms with E-state index in [2.05, 4.69) is 20.9 Å². The van der Waals surface area contributed by atoms with Crippen molar-refractivity contribution in [3.63, 3.8) is 0 Å². The number of amides is 4. The average Bonchev–Trinajstić information content (AvgIpc) is 3.18. The first-order chi connectivity index (χ1) is 16.0. The van der Waals surface area contributed by atoms with E-state index in [1.807, 2.05) is 24.3 Å². The number of aliphatic hydroxyl groups is 1. The molecule has 1 aromatic carbocycles. The van der Waals surface area contributed by atoms with Crippen LogP contribution in [-0.4, -0.2) is 75.6 Å². The largest absolute Gasteiger partial charge is 0.480 e. The Labute approximate surface area is 194 Å². The number of para-hydroxylation sites is 1. The lowest BCUT2D eigenvalue weighted by molar-refractivity contribution is -0.142. The number of H-pyrrole nitrogens is 1. The van der Waals surface area contributed by atoms with Gasteiger partial charge in [-0.25, -0.2) is 0 Å². The first-order valence-electron chi connectivity index (χ1n) is 10.4. The summed E-state index contributed by atoms with van der Waals surface area (Å²) in [7, 11) is 0. The van der Waals surface area contributed by atoms with Crippen LogP contribution in [-0.2, 0) is 30.4 Å². The van der Waals surface area contributed by atoms with E-state index in [0.29, 0.717) is 0 Å². The van der Waals surface area contributed by atoms with E-state index in [4.69, 9.17) is 16.6 Å².